The average Bonchev–Trinajstić information content (AvgIpc) is 2.44. The number of hydrazine groups is 1. The summed E-state index contributed by atoms with van der Waals surface area (Å²) in [6.45, 7) is 4.44. The van der Waals surface area contributed by atoms with Gasteiger partial charge in [0, 0.05) is 13.0 Å². The normalized spacial score (nSPS) is 30.0. The van der Waals surface area contributed by atoms with Gasteiger partial charge in [0.25, 0.3) is 0 Å². The molecule has 3 N–H and O–H groups in total. The fourth-order valence-corrected chi connectivity index (χ4v) is 1.25. The molecule has 3 heteroatoms. The van der Waals surface area contributed by atoms with Gasteiger partial charge in [-0.1, -0.05) is 13.8 Å². The Kier molecular flexibility index (Phi) is 1.68. The van der Waals surface area contributed by atoms with E-state index in [1.807, 2.05) is 0 Å². The van der Waals surface area contributed by atoms with Crippen molar-refractivity contribution in [3.8, 4) is 0 Å². The minimum absolute atomic E-state index is 0.418. The van der Waals surface area contributed by atoms with Crippen LogP contribution in [0.5, 0.6) is 0 Å². The van der Waals surface area contributed by atoms with Crippen molar-refractivity contribution < 1.29 is 0 Å². The lowest BCUT2D eigenvalue weighted by molar-refractivity contribution is 0.614. The van der Waals surface area contributed by atoms with Crippen molar-refractivity contribution in [3.63, 3.8) is 0 Å². The van der Waals surface area contributed by atoms with E-state index < -0.39 is 0 Å². The van der Waals surface area contributed by atoms with Crippen LogP contribution in [0.1, 0.15) is 20.3 Å². The molecule has 0 heterocycles. The van der Waals surface area contributed by atoms with Crippen LogP contribution in [-0.2, 0) is 0 Å². The topological polar surface area (TPSA) is 50.4 Å². The van der Waals surface area contributed by atoms with Gasteiger partial charge in [-0.2, -0.15) is 0 Å². The van der Waals surface area contributed by atoms with Crippen molar-refractivity contribution in [2.75, 3.05) is 7.05 Å². The molecule has 1 aliphatic rings. The van der Waals surface area contributed by atoms with E-state index in [1.165, 1.54) is 6.42 Å². The second-order valence-corrected chi connectivity index (χ2v) is 3.50. The van der Waals surface area contributed by atoms with Crippen molar-refractivity contribution in [1.29, 1.82) is 0 Å². The minimum atomic E-state index is 0.418. The Labute approximate surface area is 61.7 Å². The molecule has 1 fully saturated rings. The molecule has 0 saturated heterocycles. The summed E-state index contributed by atoms with van der Waals surface area (Å²) in [5.74, 6) is 6.76. The Balaban J connectivity index is 2.53. The SMILES string of the molecule is CN=C(NN)C1CC1(C)C. The first-order chi connectivity index (χ1) is 4.61. The van der Waals surface area contributed by atoms with Gasteiger partial charge >= 0.3 is 0 Å². The predicted molar refractivity (Wildman–Crippen MR) is 42.6 cm³/mol. The highest BCUT2D eigenvalue weighted by Crippen LogP contribution is 2.51. The maximum absolute atomic E-state index is 5.26. The number of amidine groups is 1. The monoisotopic (exact) mass is 141 g/mol. The van der Waals surface area contributed by atoms with Crippen molar-refractivity contribution in [2.45, 2.75) is 20.3 Å². The molecule has 10 heavy (non-hydrogen) atoms. The summed E-state index contributed by atoms with van der Waals surface area (Å²) in [5, 5.41) is 0. The fraction of sp³-hybridized carbons (Fsp3) is 0.857. The van der Waals surface area contributed by atoms with E-state index in [-0.39, 0.29) is 0 Å². The third-order valence-electron chi connectivity index (χ3n) is 2.23. The quantitative estimate of drug-likeness (QED) is 0.242. The van der Waals surface area contributed by atoms with E-state index in [1.54, 1.807) is 7.05 Å². The summed E-state index contributed by atoms with van der Waals surface area (Å²) in [4.78, 5) is 4.04. The zero-order chi connectivity index (χ0) is 7.78. The number of nitrogens with two attached hydrogens (primary N) is 1. The van der Waals surface area contributed by atoms with E-state index in [0.29, 0.717) is 11.3 Å². The second-order valence-electron chi connectivity index (χ2n) is 3.50. The minimum Gasteiger partial charge on any atom is -0.312 e. The van der Waals surface area contributed by atoms with E-state index in [0.717, 1.165) is 5.84 Å². The zero-order valence-corrected chi connectivity index (χ0v) is 6.81. The van der Waals surface area contributed by atoms with Gasteiger partial charge in [0.05, 0.1) is 0 Å². The molecule has 58 valence electrons. The van der Waals surface area contributed by atoms with Gasteiger partial charge in [-0.25, -0.2) is 5.84 Å². The lowest BCUT2D eigenvalue weighted by Crippen LogP contribution is -2.32. The molecule has 0 amide bonds. The Morgan fingerprint density at radius 1 is 1.70 bits per heavy atom. The van der Waals surface area contributed by atoms with Gasteiger partial charge in [-0.05, 0) is 11.8 Å². The molecule has 0 radical (unpaired) electrons. The molecule has 0 spiro atoms. The van der Waals surface area contributed by atoms with Crippen molar-refractivity contribution >= 4 is 5.84 Å². The molecule has 0 aliphatic heterocycles. The molecule has 0 aromatic heterocycles. The lowest BCUT2D eigenvalue weighted by Gasteiger charge is -2.04. The van der Waals surface area contributed by atoms with Crippen LogP contribution in [0.25, 0.3) is 0 Å². The highest BCUT2D eigenvalue weighted by atomic mass is 15.3. The highest BCUT2D eigenvalue weighted by molar-refractivity contribution is 5.87. The van der Waals surface area contributed by atoms with Gasteiger partial charge in [-0.3, -0.25) is 4.99 Å². The maximum atomic E-state index is 5.26. The van der Waals surface area contributed by atoms with Crippen LogP contribution in [0.3, 0.4) is 0 Å². The summed E-state index contributed by atoms with van der Waals surface area (Å²) in [5.41, 5.74) is 3.04. The molecular weight excluding hydrogens is 126 g/mol. The molecular formula is C7H15N3. The average molecular weight is 141 g/mol. The van der Waals surface area contributed by atoms with Gasteiger partial charge in [0.15, 0.2) is 0 Å². The smallest absolute Gasteiger partial charge is 0.114 e. The Hall–Kier alpha value is -0.570. The molecule has 1 aliphatic carbocycles. The largest absolute Gasteiger partial charge is 0.312 e. The Bertz CT molecular complexity index is 160. The predicted octanol–water partition coefficient (Wildman–Crippen LogP) is 0.524. The van der Waals surface area contributed by atoms with E-state index >= 15 is 0 Å². The van der Waals surface area contributed by atoms with Crippen molar-refractivity contribution in [1.82, 2.24) is 5.43 Å². The molecule has 0 aromatic carbocycles. The van der Waals surface area contributed by atoms with Gasteiger partial charge in [0.1, 0.15) is 5.84 Å². The number of hydrogen-bond donors (Lipinski definition) is 2. The van der Waals surface area contributed by atoms with Crippen LogP contribution in [0.2, 0.25) is 0 Å². The van der Waals surface area contributed by atoms with E-state index in [4.69, 9.17) is 5.84 Å². The van der Waals surface area contributed by atoms with E-state index in [2.05, 4.69) is 24.3 Å². The maximum Gasteiger partial charge on any atom is 0.114 e. The number of nitrogens with zero attached hydrogens (tertiary/aromatic N) is 1. The van der Waals surface area contributed by atoms with Crippen LogP contribution in [-0.4, -0.2) is 12.9 Å². The summed E-state index contributed by atoms with van der Waals surface area (Å²) in [6.07, 6.45) is 1.20. The van der Waals surface area contributed by atoms with Gasteiger partial charge in [0.2, 0.25) is 0 Å². The molecule has 1 unspecified atom stereocenters. The highest BCUT2D eigenvalue weighted by Gasteiger charge is 2.48. The fourth-order valence-electron chi connectivity index (χ4n) is 1.25. The molecule has 0 aromatic rings. The van der Waals surface area contributed by atoms with Crippen molar-refractivity contribution in [2.24, 2.45) is 22.2 Å². The molecule has 1 atom stereocenters. The molecule has 3 nitrogen and oxygen atoms in total. The van der Waals surface area contributed by atoms with Crippen LogP contribution in [0.15, 0.2) is 4.99 Å². The number of hydrogen-bond acceptors (Lipinski definition) is 2. The van der Waals surface area contributed by atoms with E-state index in [9.17, 15) is 0 Å². The molecule has 1 rings (SSSR count). The number of nitrogens with one attached hydrogen (secondary N) is 1. The molecule has 1 saturated carbocycles. The van der Waals surface area contributed by atoms with Crippen LogP contribution < -0.4 is 11.3 Å². The first kappa shape index (κ1) is 7.54. The summed E-state index contributed by atoms with van der Waals surface area (Å²) in [6, 6.07) is 0. The van der Waals surface area contributed by atoms with Crippen molar-refractivity contribution in [3.05, 3.63) is 0 Å². The lowest BCUT2D eigenvalue weighted by atomic mass is 10.1. The summed E-state index contributed by atoms with van der Waals surface area (Å²) >= 11 is 0. The van der Waals surface area contributed by atoms with Crippen LogP contribution in [0, 0.1) is 11.3 Å². The molecule has 0 bridgehead atoms. The number of rotatable bonds is 1. The van der Waals surface area contributed by atoms with Crippen LogP contribution >= 0.6 is 0 Å². The first-order valence-corrected chi connectivity index (χ1v) is 3.55. The third-order valence-corrected chi connectivity index (χ3v) is 2.23. The van der Waals surface area contributed by atoms with Gasteiger partial charge in [-0.15, -0.1) is 0 Å². The summed E-state index contributed by atoms with van der Waals surface area (Å²) < 4.78 is 0. The number of aliphatic imine (C=N–C) groups is 1. The van der Waals surface area contributed by atoms with Gasteiger partial charge < -0.3 is 5.43 Å². The zero-order valence-electron chi connectivity index (χ0n) is 6.81. The summed E-state index contributed by atoms with van der Waals surface area (Å²) in [7, 11) is 1.77. The Morgan fingerprint density at radius 2 is 2.20 bits per heavy atom. The Morgan fingerprint density at radius 3 is 2.30 bits per heavy atom. The third kappa shape index (κ3) is 1.14. The second kappa shape index (κ2) is 2.23. The van der Waals surface area contributed by atoms with Crippen LogP contribution in [0.4, 0.5) is 0 Å². The standard InChI is InChI=1S/C7H15N3/c1-7(2)4-5(7)6(9-3)10-8/h5H,4,8H2,1-3H3,(H,9,10). The first-order valence-electron chi connectivity index (χ1n) is 3.55.